The number of pyridine rings is 1. The number of ether oxygens (including phenoxy) is 1. The zero-order valence-electron chi connectivity index (χ0n) is 12.4. The smallest absolute Gasteiger partial charge is 0.257 e. The second kappa shape index (κ2) is 9.31. The monoisotopic (exact) mass is 279 g/mol. The number of hydrogen-bond acceptors (Lipinski definition) is 4. The lowest BCUT2D eigenvalue weighted by Crippen LogP contribution is -2.29. The first-order valence-electron chi connectivity index (χ1n) is 7.25. The zero-order chi connectivity index (χ0) is 14.8. The van der Waals surface area contributed by atoms with Gasteiger partial charge in [-0.3, -0.25) is 9.78 Å². The van der Waals surface area contributed by atoms with E-state index in [1.54, 1.807) is 6.20 Å². The van der Waals surface area contributed by atoms with Gasteiger partial charge in [0.25, 0.3) is 5.91 Å². The van der Waals surface area contributed by atoms with E-state index >= 15 is 0 Å². The minimum atomic E-state index is -0.101. The van der Waals surface area contributed by atoms with Gasteiger partial charge in [0.2, 0.25) is 0 Å². The number of rotatable bonds is 9. The summed E-state index contributed by atoms with van der Waals surface area (Å²) in [6.45, 7) is 4.86. The van der Waals surface area contributed by atoms with Crippen LogP contribution >= 0.6 is 0 Å². The standard InChI is InChI=1S/C15H25N3O2/c1-3-5-8-17-15(19)11-20-14-7-6-13(18-10-14)9-12(16)4-2/h6-7,10,12H,3-5,8-9,11,16H2,1-2H3,(H,17,19). The molecule has 0 aliphatic rings. The molecule has 0 radical (unpaired) electrons. The second-order valence-electron chi connectivity index (χ2n) is 4.85. The summed E-state index contributed by atoms with van der Waals surface area (Å²) >= 11 is 0. The van der Waals surface area contributed by atoms with E-state index in [1.165, 1.54) is 0 Å². The molecule has 0 saturated carbocycles. The number of nitrogens with one attached hydrogen (secondary N) is 1. The van der Waals surface area contributed by atoms with Crippen LogP contribution in [0.1, 0.15) is 38.8 Å². The van der Waals surface area contributed by atoms with E-state index in [0.29, 0.717) is 12.3 Å². The summed E-state index contributed by atoms with van der Waals surface area (Å²) in [6, 6.07) is 3.85. The first kappa shape index (κ1) is 16.4. The van der Waals surface area contributed by atoms with Crippen molar-refractivity contribution in [3.05, 3.63) is 24.0 Å². The van der Waals surface area contributed by atoms with Crippen LogP contribution in [0.2, 0.25) is 0 Å². The topological polar surface area (TPSA) is 77.2 Å². The highest BCUT2D eigenvalue weighted by Crippen LogP contribution is 2.10. The molecular formula is C15H25N3O2. The van der Waals surface area contributed by atoms with Gasteiger partial charge in [0.05, 0.1) is 6.20 Å². The maximum absolute atomic E-state index is 11.5. The fourth-order valence-corrected chi connectivity index (χ4v) is 1.63. The van der Waals surface area contributed by atoms with E-state index in [1.807, 2.05) is 12.1 Å². The minimum Gasteiger partial charge on any atom is -0.482 e. The highest BCUT2D eigenvalue weighted by atomic mass is 16.5. The number of nitrogens with zero attached hydrogens (tertiary/aromatic N) is 1. The predicted octanol–water partition coefficient (Wildman–Crippen LogP) is 1.66. The van der Waals surface area contributed by atoms with Crippen molar-refractivity contribution in [1.82, 2.24) is 10.3 Å². The molecule has 3 N–H and O–H groups in total. The lowest BCUT2D eigenvalue weighted by Gasteiger charge is -2.09. The number of carbonyl (C=O) groups excluding carboxylic acids is 1. The average molecular weight is 279 g/mol. The van der Waals surface area contributed by atoms with E-state index in [4.69, 9.17) is 10.5 Å². The summed E-state index contributed by atoms with van der Waals surface area (Å²) in [5.74, 6) is 0.500. The van der Waals surface area contributed by atoms with E-state index in [9.17, 15) is 4.79 Å². The van der Waals surface area contributed by atoms with Crippen molar-refractivity contribution in [2.45, 2.75) is 45.6 Å². The van der Waals surface area contributed by atoms with Gasteiger partial charge in [-0.1, -0.05) is 20.3 Å². The third-order valence-corrected chi connectivity index (χ3v) is 3.02. The largest absolute Gasteiger partial charge is 0.482 e. The van der Waals surface area contributed by atoms with Crippen molar-refractivity contribution >= 4 is 5.91 Å². The number of aromatic nitrogens is 1. The number of unbranched alkanes of at least 4 members (excludes halogenated alkanes) is 1. The summed E-state index contributed by atoms with van der Waals surface area (Å²) in [6.07, 6.45) is 5.37. The van der Waals surface area contributed by atoms with Crippen LogP contribution in [0.5, 0.6) is 5.75 Å². The summed E-state index contributed by atoms with van der Waals surface area (Å²) in [5.41, 5.74) is 6.82. The van der Waals surface area contributed by atoms with E-state index in [0.717, 1.165) is 31.4 Å². The molecular weight excluding hydrogens is 254 g/mol. The Balaban J connectivity index is 2.32. The Bertz CT molecular complexity index is 393. The van der Waals surface area contributed by atoms with Crippen molar-refractivity contribution in [2.75, 3.05) is 13.2 Å². The van der Waals surface area contributed by atoms with Crippen LogP contribution in [0.15, 0.2) is 18.3 Å². The third kappa shape index (κ3) is 6.52. The van der Waals surface area contributed by atoms with Crippen molar-refractivity contribution in [3.8, 4) is 5.75 Å². The molecule has 20 heavy (non-hydrogen) atoms. The Kier molecular flexibility index (Phi) is 7.65. The molecule has 1 aromatic rings. The van der Waals surface area contributed by atoms with Crippen molar-refractivity contribution in [1.29, 1.82) is 0 Å². The molecule has 0 fully saturated rings. The van der Waals surface area contributed by atoms with Gasteiger partial charge < -0.3 is 15.8 Å². The van der Waals surface area contributed by atoms with Gasteiger partial charge in [-0.15, -0.1) is 0 Å². The molecule has 1 heterocycles. The zero-order valence-corrected chi connectivity index (χ0v) is 12.4. The van der Waals surface area contributed by atoms with Crippen LogP contribution in [0, 0.1) is 0 Å². The predicted molar refractivity (Wildman–Crippen MR) is 79.6 cm³/mol. The van der Waals surface area contributed by atoms with Crippen LogP contribution in [0.3, 0.4) is 0 Å². The van der Waals surface area contributed by atoms with Gasteiger partial charge in [-0.05, 0) is 25.0 Å². The van der Waals surface area contributed by atoms with Gasteiger partial charge in [0, 0.05) is 24.7 Å². The maximum Gasteiger partial charge on any atom is 0.257 e. The number of hydrogen-bond donors (Lipinski definition) is 2. The molecule has 5 nitrogen and oxygen atoms in total. The van der Waals surface area contributed by atoms with Crippen LogP contribution in [0.25, 0.3) is 0 Å². The van der Waals surface area contributed by atoms with Crippen LogP contribution in [-0.2, 0) is 11.2 Å². The Morgan fingerprint density at radius 1 is 1.45 bits per heavy atom. The van der Waals surface area contributed by atoms with Gasteiger partial charge in [-0.2, -0.15) is 0 Å². The van der Waals surface area contributed by atoms with E-state index in [2.05, 4.69) is 24.1 Å². The summed E-state index contributed by atoms with van der Waals surface area (Å²) in [7, 11) is 0. The van der Waals surface area contributed by atoms with E-state index < -0.39 is 0 Å². The lowest BCUT2D eigenvalue weighted by molar-refractivity contribution is -0.123. The number of nitrogens with two attached hydrogens (primary N) is 1. The second-order valence-corrected chi connectivity index (χ2v) is 4.85. The molecule has 0 saturated heterocycles. The first-order valence-corrected chi connectivity index (χ1v) is 7.25. The SMILES string of the molecule is CCCCNC(=O)COc1ccc(CC(N)CC)nc1. The molecule has 0 aliphatic carbocycles. The normalized spacial score (nSPS) is 11.9. The number of carbonyl (C=O) groups is 1. The fourth-order valence-electron chi connectivity index (χ4n) is 1.63. The van der Waals surface area contributed by atoms with Crippen molar-refractivity contribution < 1.29 is 9.53 Å². The molecule has 1 rings (SSSR count). The Labute approximate surface area is 120 Å². The average Bonchev–Trinajstić information content (AvgIpc) is 2.46. The van der Waals surface area contributed by atoms with Gasteiger partial charge >= 0.3 is 0 Å². The van der Waals surface area contributed by atoms with Gasteiger partial charge in [0.15, 0.2) is 6.61 Å². The molecule has 0 spiro atoms. The molecule has 1 atom stereocenters. The number of amides is 1. The molecule has 0 bridgehead atoms. The summed E-state index contributed by atoms with van der Waals surface area (Å²) in [5, 5.41) is 2.80. The fraction of sp³-hybridized carbons (Fsp3) is 0.600. The summed E-state index contributed by atoms with van der Waals surface area (Å²) < 4.78 is 5.38. The van der Waals surface area contributed by atoms with E-state index in [-0.39, 0.29) is 18.6 Å². The maximum atomic E-state index is 11.5. The quantitative estimate of drug-likeness (QED) is 0.674. The van der Waals surface area contributed by atoms with Crippen LogP contribution in [-0.4, -0.2) is 30.1 Å². The molecule has 0 aromatic carbocycles. The highest BCUT2D eigenvalue weighted by Gasteiger charge is 2.05. The summed E-state index contributed by atoms with van der Waals surface area (Å²) in [4.78, 5) is 15.8. The molecule has 5 heteroatoms. The third-order valence-electron chi connectivity index (χ3n) is 3.02. The van der Waals surface area contributed by atoms with Crippen molar-refractivity contribution in [3.63, 3.8) is 0 Å². The van der Waals surface area contributed by atoms with Gasteiger partial charge in [-0.25, -0.2) is 0 Å². The Hall–Kier alpha value is -1.62. The molecule has 1 amide bonds. The van der Waals surface area contributed by atoms with Crippen LogP contribution < -0.4 is 15.8 Å². The minimum absolute atomic E-state index is 0.0270. The molecule has 0 aliphatic heterocycles. The van der Waals surface area contributed by atoms with Gasteiger partial charge in [0.1, 0.15) is 5.75 Å². The van der Waals surface area contributed by atoms with Crippen molar-refractivity contribution in [2.24, 2.45) is 5.73 Å². The molecule has 1 unspecified atom stereocenters. The molecule has 1 aromatic heterocycles. The lowest BCUT2D eigenvalue weighted by atomic mass is 10.1. The molecule has 112 valence electrons. The first-order chi connectivity index (χ1) is 9.65. The van der Waals surface area contributed by atoms with Crippen LogP contribution in [0.4, 0.5) is 0 Å². The Morgan fingerprint density at radius 3 is 2.85 bits per heavy atom. The Morgan fingerprint density at radius 2 is 2.25 bits per heavy atom. The highest BCUT2D eigenvalue weighted by molar-refractivity contribution is 5.77.